The van der Waals surface area contributed by atoms with Crippen LogP contribution in [0.15, 0.2) is 29.1 Å². The van der Waals surface area contributed by atoms with Gasteiger partial charge in [0, 0.05) is 0 Å². The van der Waals surface area contributed by atoms with E-state index in [1.165, 1.54) is 12.1 Å². The lowest BCUT2D eigenvalue weighted by Gasteiger charge is -2.17. The first-order chi connectivity index (χ1) is 11.6. The van der Waals surface area contributed by atoms with Crippen molar-refractivity contribution in [2.75, 3.05) is 0 Å². The van der Waals surface area contributed by atoms with Crippen LogP contribution in [0, 0.1) is 6.92 Å². The van der Waals surface area contributed by atoms with E-state index in [1.807, 2.05) is 0 Å². The number of aryl methyl sites for hydroxylation is 1. The topological polar surface area (TPSA) is 87.7 Å². The molecule has 0 saturated heterocycles. The van der Waals surface area contributed by atoms with E-state index in [4.69, 9.17) is 0 Å². The van der Waals surface area contributed by atoms with Crippen LogP contribution in [0.5, 0.6) is 0 Å². The van der Waals surface area contributed by atoms with Crippen molar-refractivity contribution in [3.63, 3.8) is 0 Å². The van der Waals surface area contributed by atoms with Gasteiger partial charge in [0.2, 0.25) is 5.91 Å². The number of H-pyrrole nitrogens is 1. The Labute approximate surface area is 141 Å². The van der Waals surface area contributed by atoms with Gasteiger partial charge in [-0.05, 0) is 38.5 Å². The lowest BCUT2D eigenvalue weighted by molar-refractivity contribution is -0.137. The van der Waals surface area contributed by atoms with Crippen molar-refractivity contribution in [1.29, 1.82) is 0 Å². The first-order valence-corrected chi connectivity index (χ1v) is 7.50. The number of nitrogens with one attached hydrogen (secondary N) is 2. The van der Waals surface area contributed by atoms with Gasteiger partial charge < -0.3 is 10.3 Å². The highest BCUT2D eigenvalue weighted by Crippen LogP contribution is 2.30. The molecule has 2 aromatic rings. The molecule has 0 radical (unpaired) electrons. The number of alkyl halides is 3. The molecule has 2 unspecified atom stereocenters. The summed E-state index contributed by atoms with van der Waals surface area (Å²) in [6, 6.07) is 3.69. The molecule has 9 heteroatoms. The predicted molar refractivity (Wildman–Crippen MR) is 83.8 cm³/mol. The Kier molecular flexibility index (Phi) is 5.24. The van der Waals surface area contributed by atoms with Crippen LogP contribution in [0.3, 0.4) is 0 Å². The molecule has 134 valence electrons. The highest BCUT2D eigenvalue weighted by atomic mass is 19.4. The van der Waals surface area contributed by atoms with Gasteiger partial charge in [0.25, 0.3) is 5.56 Å². The maximum atomic E-state index is 12.6. The first kappa shape index (κ1) is 18.6. The number of benzene rings is 1. The standard InChI is InChI=1S/C16H17F3N4O2/c1-8(11-4-6-12(7-5-11)16(17,18)19)14(24)20-9(2)13-15(25)21-10(3)22-23-13/h4-9H,1-3H3,(H,20,24)(H,21,22,25). The summed E-state index contributed by atoms with van der Waals surface area (Å²) in [7, 11) is 0. The van der Waals surface area contributed by atoms with E-state index in [2.05, 4.69) is 20.5 Å². The molecule has 1 amide bonds. The molecule has 2 N–H and O–H groups in total. The molecule has 2 rings (SSSR count). The molecule has 0 aliphatic carbocycles. The lowest BCUT2D eigenvalue weighted by Crippen LogP contribution is -2.34. The van der Waals surface area contributed by atoms with E-state index in [1.54, 1.807) is 20.8 Å². The number of nitrogens with zero attached hydrogens (tertiary/aromatic N) is 2. The van der Waals surface area contributed by atoms with Crippen molar-refractivity contribution >= 4 is 5.91 Å². The highest BCUT2D eigenvalue weighted by Gasteiger charge is 2.30. The number of rotatable bonds is 4. The van der Waals surface area contributed by atoms with Gasteiger partial charge in [0.05, 0.1) is 17.5 Å². The monoisotopic (exact) mass is 354 g/mol. The minimum Gasteiger partial charge on any atom is -0.347 e. The summed E-state index contributed by atoms with van der Waals surface area (Å²) < 4.78 is 37.7. The second kappa shape index (κ2) is 7.04. The second-order valence-electron chi connectivity index (χ2n) is 5.70. The fraction of sp³-hybridized carbons (Fsp3) is 0.375. The molecular formula is C16H17F3N4O2. The SMILES string of the molecule is Cc1nnc(C(C)NC(=O)C(C)c2ccc(C(F)(F)F)cc2)c(=O)[nH]1. The van der Waals surface area contributed by atoms with Crippen LogP contribution < -0.4 is 10.9 Å². The van der Waals surface area contributed by atoms with Crippen molar-refractivity contribution in [1.82, 2.24) is 20.5 Å². The Hall–Kier alpha value is -2.71. The average molecular weight is 354 g/mol. The van der Waals surface area contributed by atoms with E-state index < -0.39 is 35.2 Å². The summed E-state index contributed by atoms with van der Waals surface area (Å²) in [6.07, 6.45) is -4.43. The van der Waals surface area contributed by atoms with Gasteiger partial charge in [0.1, 0.15) is 11.5 Å². The number of aromatic nitrogens is 3. The van der Waals surface area contributed by atoms with Gasteiger partial charge in [0.15, 0.2) is 0 Å². The third-order valence-electron chi connectivity index (χ3n) is 3.74. The number of carbonyl (C=O) groups is 1. The second-order valence-corrected chi connectivity index (χ2v) is 5.70. The Morgan fingerprint density at radius 2 is 1.76 bits per heavy atom. The van der Waals surface area contributed by atoms with E-state index in [9.17, 15) is 22.8 Å². The van der Waals surface area contributed by atoms with Crippen molar-refractivity contribution in [3.05, 3.63) is 57.3 Å². The largest absolute Gasteiger partial charge is 0.416 e. The summed E-state index contributed by atoms with van der Waals surface area (Å²) in [5.74, 6) is -0.776. The normalized spacial score (nSPS) is 14.0. The van der Waals surface area contributed by atoms with Gasteiger partial charge in [-0.3, -0.25) is 9.59 Å². The zero-order valence-corrected chi connectivity index (χ0v) is 13.8. The van der Waals surface area contributed by atoms with Crippen LogP contribution in [0.4, 0.5) is 13.2 Å². The van der Waals surface area contributed by atoms with Crippen molar-refractivity contribution < 1.29 is 18.0 Å². The fourth-order valence-electron chi connectivity index (χ4n) is 2.23. The molecule has 1 aromatic carbocycles. The van der Waals surface area contributed by atoms with Crippen molar-refractivity contribution in [3.8, 4) is 0 Å². The minimum atomic E-state index is -4.43. The first-order valence-electron chi connectivity index (χ1n) is 7.50. The third kappa shape index (κ3) is 4.43. The third-order valence-corrected chi connectivity index (χ3v) is 3.74. The molecule has 0 fully saturated rings. The van der Waals surface area contributed by atoms with E-state index >= 15 is 0 Å². The molecular weight excluding hydrogens is 337 g/mol. The van der Waals surface area contributed by atoms with Gasteiger partial charge in [-0.1, -0.05) is 12.1 Å². The van der Waals surface area contributed by atoms with Gasteiger partial charge >= 0.3 is 6.18 Å². The number of hydrogen-bond acceptors (Lipinski definition) is 4. The van der Waals surface area contributed by atoms with E-state index in [0.717, 1.165) is 12.1 Å². The molecule has 0 bridgehead atoms. The summed E-state index contributed by atoms with van der Waals surface area (Å²) in [5.41, 5.74) is -0.749. The molecule has 2 atom stereocenters. The maximum absolute atomic E-state index is 12.6. The van der Waals surface area contributed by atoms with Crippen LogP contribution in [0.2, 0.25) is 0 Å². The summed E-state index contributed by atoms with van der Waals surface area (Å²) in [4.78, 5) is 26.6. The Morgan fingerprint density at radius 1 is 1.16 bits per heavy atom. The Morgan fingerprint density at radius 3 is 2.28 bits per heavy atom. The van der Waals surface area contributed by atoms with Crippen LogP contribution in [-0.2, 0) is 11.0 Å². The van der Waals surface area contributed by atoms with Crippen molar-refractivity contribution in [2.45, 2.75) is 38.9 Å². The Bertz CT molecular complexity index is 815. The highest BCUT2D eigenvalue weighted by molar-refractivity contribution is 5.83. The van der Waals surface area contributed by atoms with Crippen LogP contribution in [-0.4, -0.2) is 21.1 Å². The lowest BCUT2D eigenvalue weighted by atomic mass is 9.98. The Balaban J connectivity index is 2.10. The van der Waals surface area contributed by atoms with E-state index in [0.29, 0.717) is 11.4 Å². The van der Waals surface area contributed by atoms with Crippen LogP contribution >= 0.6 is 0 Å². The van der Waals surface area contributed by atoms with Gasteiger partial charge in [-0.15, -0.1) is 10.2 Å². The summed E-state index contributed by atoms with van der Waals surface area (Å²) in [5, 5.41) is 10.1. The molecule has 25 heavy (non-hydrogen) atoms. The van der Waals surface area contributed by atoms with Crippen molar-refractivity contribution in [2.24, 2.45) is 0 Å². The molecule has 6 nitrogen and oxygen atoms in total. The maximum Gasteiger partial charge on any atom is 0.416 e. The zero-order chi connectivity index (χ0) is 18.8. The number of hydrogen-bond donors (Lipinski definition) is 2. The number of aromatic amines is 1. The molecule has 0 spiro atoms. The zero-order valence-electron chi connectivity index (χ0n) is 13.8. The number of halogens is 3. The number of carbonyl (C=O) groups excluding carboxylic acids is 1. The molecule has 1 heterocycles. The number of amides is 1. The molecule has 1 aromatic heterocycles. The fourth-order valence-corrected chi connectivity index (χ4v) is 2.23. The van der Waals surface area contributed by atoms with Gasteiger partial charge in [-0.25, -0.2) is 0 Å². The predicted octanol–water partition coefficient (Wildman–Crippen LogP) is 2.47. The smallest absolute Gasteiger partial charge is 0.347 e. The quantitative estimate of drug-likeness (QED) is 0.883. The molecule has 0 aliphatic rings. The van der Waals surface area contributed by atoms with Crippen LogP contribution in [0.1, 0.15) is 48.5 Å². The molecule has 0 aliphatic heterocycles. The summed E-state index contributed by atoms with van der Waals surface area (Å²) >= 11 is 0. The van der Waals surface area contributed by atoms with E-state index in [-0.39, 0.29) is 5.69 Å². The average Bonchev–Trinajstić information content (AvgIpc) is 2.53. The van der Waals surface area contributed by atoms with Gasteiger partial charge in [-0.2, -0.15) is 13.2 Å². The van der Waals surface area contributed by atoms with Crippen LogP contribution in [0.25, 0.3) is 0 Å². The molecule has 0 saturated carbocycles. The summed E-state index contributed by atoms with van der Waals surface area (Å²) in [6.45, 7) is 4.72. The minimum absolute atomic E-state index is 0.0542.